The van der Waals surface area contributed by atoms with Crippen LogP contribution >= 0.6 is 11.3 Å². The van der Waals surface area contributed by atoms with Crippen LogP contribution in [0.5, 0.6) is 17.2 Å². The molecule has 1 fully saturated rings. The van der Waals surface area contributed by atoms with Crippen molar-refractivity contribution in [1.82, 2.24) is 4.98 Å². The van der Waals surface area contributed by atoms with Crippen LogP contribution in [-0.4, -0.2) is 35.0 Å². The molecule has 0 saturated carbocycles. The number of halogens is 1. The van der Waals surface area contributed by atoms with E-state index < -0.39 is 23.5 Å². The molecule has 0 radical (unpaired) electrons. The number of thiazole rings is 1. The number of aromatic nitrogens is 1. The average Bonchev–Trinajstić information content (AvgIpc) is 3.71. The summed E-state index contributed by atoms with van der Waals surface area (Å²) >= 11 is 1.08. The molecule has 2 atom stereocenters. The third kappa shape index (κ3) is 5.17. The summed E-state index contributed by atoms with van der Waals surface area (Å²) in [5.74, 6) is -0.928. The highest BCUT2D eigenvalue weighted by Gasteiger charge is 2.48. The highest BCUT2D eigenvalue weighted by molar-refractivity contribution is 7.22. The first kappa shape index (κ1) is 28.5. The number of carbonyl (C=O) groups is 2. The fourth-order valence-electron chi connectivity index (χ4n) is 5.77. The molecule has 2 aliphatic rings. The van der Waals surface area contributed by atoms with Crippen LogP contribution in [0.2, 0.25) is 0 Å². The number of nitrogens with zero attached hydrogens (tertiary/aromatic N) is 2. The van der Waals surface area contributed by atoms with E-state index in [1.54, 1.807) is 36.4 Å². The number of ether oxygens (including phenoxy) is 3. The quantitative estimate of drug-likeness (QED) is 0.119. The number of hydrogen-bond donors (Lipinski definition) is 1. The van der Waals surface area contributed by atoms with Crippen LogP contribution < -0.4 is 19.1 Å². The summed E-state index contributed by atoms with van der Waals surface area (Å²) in [7, 11) is 1.50. The first-order chi connectivity index (χ1) is 21.8. The number of methoxy groups -OCH3 is 1. The molecule has 3 heterocycles. The van der Waals surface area contributed by atoms with Gasteiger partial charge in [-0.25, -0.2) is 9.37 Å². The lowest BCUT2D eigenvalue weighted by Crippen LogP contribution is -2.29. The fraction of sp³-hybridized carbons (Fsp3) is 0.171. The minimum Gasteiger partial charge on any atom is -0.507 e. The molecule has 226 valence electrons. The van der Waals surface area contributed by atoms with Crippen LogP contribution in [-0.2, 0) is 22.6 Å². The topological polar surface area (TPSA) is 98.2 Å². The van der Waals surface area contributed by atoms with Gasteiger partial charge in [0.1, 0.15) is 30.0 Å². The van der Waals surface area contributed by atoms with Crippen LogP contribution in [0.15, 0.2) is 90.5 Å². The van der Waals surface area contributed by atoms with E-state index in [-0.39, 0.29) is 22.6 Å². The van der Waals surface area contributed by atoms with Gasteiger partial charge in [0, 0.05) is 12.0 Å². The Bertz CT molecular complexity index is 2010. The van der Waals surface area contributed by atoms with Gasteiger partial charge in [0.25, 0.3) is 5.78 Å². The second-order valence-electron chi connectivity index (χ2n) is 10.9. The number of fused-ring (bicyclic) bond motifs is 2. The molecule has 1 N–H and O–H groups in total. The Hall–Kier alpha value is -5.22. The summed E-state index contributed by atoms with van der Waals surface area (Å²) in [6.07, 6.45) is 0.639. The largest absolute Gasteiger partial charge is 0.507 e. The molecule has 2 aliphatic heterocycles. The second kappa shape index (κ2) is 11.4. The van der Waals surface area contributed by atoms with Crippen molar-refractivity contribution in [2.45, 2.75) is 32.1 Å². The van der Waals surface area contributed by atoms with Crippen molar-refractivity contribution >= 4 is 44.1 Å². The van der Waals surface area contributed by atoms with E-state index in [2.05, 4.69) is 4.98 Å². The van der Waals surface area contributed by atoms with Crippen molar-refractivity contribution in [2.24, 2.45) is 0 Å². The molecule has 0 bridgehead atoms. The zero-order valence-corrected chi connectivity index (χ0v) is 25.1. The predicted molar refractivity (Wildman–Crippen MR) is 168 cm³/mol. The van der Waals surface area contributed by atoms with Gasteiger partial charge in [-0.05, 0) is 72.1 Å². The number of hydrogen-bond acceptors (Lipinski definition) is 8. The summed E-state index contributed by atoms with van der Waals surface area (Å²) in [6.45, 7) is 2.26. The van der Waals surface area contributed by atoms with Crippen molar-refractivity contribution in [2.75, 3.05) is 12.0 Å². The molecule has 0 aliphatic carbocycles. The van der Waals surface area contributed by atoms with Crippen molar-refractivity contribution in [3.8, 4) is 17.2 Å². The number of benzene rings is 4. The van der Waals surface area contributed by atoms with Crippen molar-refractivity contribution in [1.29, 1.82) is 0 Å². The summed E-state index contributed by atoms with van der Waals surface area (Å²) < 4.78 is 32.1. The minimum atomic E-state index is -1.06. The van der Waals surface area contributed by atoms with Crippen LogP contribution in [0.4, 0.5) is 9.52 Å². The zero-order chi connectivity index (χ0) is 31.2. The standard InChI is InChI=1S/C35H27FN2O6S/c1-19-14-23-15-22(9-12-26(23)44-19)32(39)30-31(21-8-13-27(28(16-21)42-2)43-18-20-6-4-3-5-7-20)38(34(41)33(30)40)35-37-25-11-10-24(36)17-29(25)45-35/h3-13,15-17,19,31,39H,14,18H2,1-2H3/b32-30-. The Morgan fingerprint density at radius 2 is 1.87 bits per heavy atom. The minimum absolute atomic E-state index is 0.0121. The molecular formula is C35H27FN2O6S. The van der Waals surface area contributed by atoms with Gasteiger partial charge in [-0.3, -0.25) is 14.5 Å². The van der Waals surface area contributed by atoms with E-state index in [0.29, 0.717) is 51.6 Å². The number of rotatable bonds is 7. The predicted octanol–water partition coefficient (Wildman–Crippen LogP) is 6.97. The molecular weight excluding hydrogens is 595 g/mol. The number of amides is 1. The first-order valence-electron chi connectivity index (χ1n) is 14.3. The Morgan fingerprint density at radius 1 is 1.04 bits per heavy atom. The molecule has 5 aromatic rings. The smallest absolute Gasteiger partial charge is 0.301 e. The number of anilines is 1. The highest BCUT2D eigenvalue weighted by atomic mass is 32.1. The summed E-state index contributed by atoms with van der Waals surface area (Å²) in [4.78, 5) is 33.3. The number of ketones is 1. The highest BCUT2D eigenvalue weighted by Crippen LogP contribution is 2.46. The molecule has 1 saturated heterocycles. The van der Waals surface area contributed by atoms with Crippen molar-refractivity contribution in [3.05, 3.63) is 119 Å². The maximum atomic E-state index is 14.0. The monoisotopic (exact) mass is 622 g/mol. The molecule has 1 aromatic heterocycles. The lowest BCUT2D eigenvalue weighted by Gasteiger charge is -2.24. The molecule has 4 aromatic carbocycles. The van der Waals surface area contributed by atoms with Gasteiger partial charge < -0.3 is 19.3 Å². The van der Waals surface area contributed by atoms with Gasteiger partial charge in [0.15, 0.2) is 16.6 Å². The normalized spacial score (nSPS) is 18.7. The Kier molecular flexibility index (Phi) is 7.21. The van der Waals surface area contributed by atoms with Gasteiger partial charge in [-0.15, -0.1) is 0 Å². The maximum Gasteiger partial charge on any atom is 0.301 e. The third-order valence-electron chi connectivity index (χ3n) is 7.90. The van der Waals surface area contributed by atoms with E-state index >= 15 is 0 Å². The zero-order valence-electron chi connectivity index (χ0n) is 24.3. The summed E-state index contributed by atoms with van der Waals surface area (Å²) in [6, 6.07) is 23.1. The molecule has 10 heteroatoms. The lowest BCUT2D eigenvalue weighted by atomic mass is 9.94. The summed E-state index contributed by atoms with van der Waals surface area (Å²) in [5, 5.41) is 11.9. The number of carbonyl (C=O) groups excluding carboxylic acids is 2. The van der Waals surface area contributed by atoms with E-state index in [9.17, 15) is 19.1 Å². The van der Waals surface area contributed by atoms with Gasteiger partial charge in [-0.1, -0.05) is 47.7 Å². The van der Waals surface area contributed by atoms with Crippen LogP contribution in [0.25, 0.3) is 16.0 Å². The summed E-state index contributed by atoms with van der Waals surface area (Å²) in [5.41, 5.74) is 3.12. The molecule has 7 rings (SSSR count). The van der Waals surface area contributed by atoms with E-state index in [1.807, 2.05) is 37.3 Å². The van der Waals surface area contributed by atoms with E-state index in [4.69, 9.17) is 14.2 Å². The van der Waals surface area contributed by atoms with E-state index in [0.717, 1.165) is 22.5 Å². The Morgan fingerprint density at radius 3 is 2.67 bits per heavy atom. The van der Waals surface area contributed by atoms with Crippen LogP contribution in [0, 0.1) is 5.82 Å². The van der Waals surface area contributed by atoms with Crippen molar-refractivity contribution < 1.29 is 33.3 Å². The third-order valence-corrected chi connectivity index (χ3v) is 8.92. The number of Topliss-reactive ketones (excluding diaryl/α,β-unsaturated/α-hetero) is 1. The SMILES string of the molecule is COc1cc(C2/C(=C(/O)c3ccc4c(c3)CC(C)O4)C(=O)C(=O)N2c2nc3ccc(F)cc3s2)ccc1OCc1ccccc1. The van der Waals surface area contributed by atoms with Gasteiger partial charge in [-0.2, -0.15) is 0 Å². The molecule has 2 unspecified atom stereocenters. The Labute approximate surface area is 261 Å². The van der Waals surface area contributed by atoms with Crippen LogP contribution in [0.3, 0.4) is 0 Å². The second-order valence-corrected chi connectivity index (χ2v) is 11.9. The fourth-order valence-corrected chi connectivity index (χ4v) is 6.79. The van der Waals surface area contributed by atoms with Crippen molar-refractivity contribution in [3.63, 3.8) is 0 Å². The Balaban J connectivity index is 1.35. The lowest BCUT2D eigenvalue weighted by molar-refractivity contribution is -0.132. The maximum absolute atomic E-state index is 14.0. The molecule has 8 nitrogen and oxygen atoms in total. The number of aliphatic hydroxyl groups is 1. The molecule has 1 amide bonds. The van der Waals surface area contributed by atoms with E-state index in [1.165, 1.54) is 30.2 Å². The van der Waals surface area contributed by atoms with Gasteiger partial charge in [0.05, 0.1) is 28.9 Å². The number of aliphatic hydroxyl groups excluding tert-OH is 1. The van der Waals surface area contributed by atoms with Crippen LogP contribution in [0.1, 0.15) is 35.2 Å². The first-order valence-corrected chi connectivity index (χ1v) is 15.1. The molecule has 0 spiro atoms. The molecule has 45 heavy (non-hydrogen) atoms. The van der Waals surface area contributed by atoms with Gasteiger partial charge in [0.2, 0.25) is 0 Å². The van der Waals surface area contributed by atoms with Gasteiger partial charge >= 0.3 is 5.91 Å². The average molecular weight is 623 g/mol.